The highest BCUT2D eigenvalue weighted by molar-refractivity contribution is 7.99. The average molecular weight is 215 g/mol. The summed E-state index contributed by atoms with van der Waals surface area (Å²) in [6, 6.07) is 4.66. The van der Waals surface area contributed by atoms with E-state index in [4.69, 9.17) is 5.73 Å². The smallest absolute Gasteiger partial charge is 0.147 e. The second-order valence-corrected chi connectivity index (χ2v) is 4.83. The summed E-state index contributed by atoms with van der Waals surface area (Å²) in [6.45, 7) is 3.43. The molecule has 0 saturated carbocycles. The van der Waals surface area contributed by atoms with Gasteiger partial charge in [0, 0.05) is 10.6 Å². The van der Waals surface area contributed by atoms with Gasteiger partial charge in [-0.3, -0.25) is 0 Å². The van der Waals surface area contributed by atoms with Gasteiger partial charge in [0.05, 0.1) is 11.3 Å². The normalized spacial score (nSPS) is 11.7. The van der Waals surface area contributed by atoms with Crippen molar-refractivity contribution in [3.63, 3.8) is 0 Å². The van der Waals surface area contributed by atoms with E-state index in [1.54, 1.807) is 19.9 Å². The highest BCUT2D eigenvalue weighted by Gasteiger charge is 2.13. The summed E-state index contributed by atoms with van der Waals surface area (Å²) in [5.41, 5.74) is 4.74. The quantitative estimate of drug-likeness (QED) is 0.600. The molecule has 0 spiro atoms. The standard InChI is InChI=1S/C10H14FNOS/c1-10(2,13)6-14-7-3-4-9(12)8(11)5-7/h3-5,13H,6,12H2,1-2H3. The maximum atomic E-state index is 13.0. The van der Waals surface area contributed by atoms with E-state index >= 15 is 0 Å². The Morgan fingerprint density at radius 3 is 2.64 bits per heavy atom. The molecule has 0 saturated heterocycles. The maximum Gasteiger partial charge on any atom is 0.147 e. The number of nitrogens with two attached hydrogens (primary N) is 1. The fraction of sp³-hybridized carbons (Fsp3) is 0.400. The Hall–Kier alpha value is -0.740. The first-order chi connectivity index (χ1) is 6.38. The van der Waals surface area contributed by atoms with Gasteiger partial charge in [-0.25, -0.2) is 4.39 Å². The first-order valence-electron chi connectivity index (χ1n) is 4.29. The molecule has 3 N–H and O–H groups in total. The topological polar surface area (TPSA) is 46.2 Å². The number of thioether (sulfide) groups is 1. The number of rotatable bonds is 3. The maximum absolute atomic E-state index is 13.0. The van der Waals surface area contributed by atoms with Crippen LogP contribution in [0.25, 0.3) is 0 Å². The van der Waals surface area contributed by atoms with Crippen LogP contribution in [0.4, 0.5) is 10.1 Å². The highest BCUT2D eigenvalue weighted by atomic mass is 32.2. The molecule has 0 amide bonds. The van der Waals surface area contributed by atoms with Crippen molar-refractivity contribution in [1.82, 2.24) is 0 Å². The third kappa shape index (κ3) is 3.55. The number of hydrogen-bond donors (Lipinski definition) is 2. The molecule has 0 fully saturated rings. The molecule has 4 heteroatoms. The number of anilines is 1. The third-order valence-electron chi connectivity index (χ3n) is 1.56. The summed E-state index contributed by atoms with van der Waals surface area (Å²) in [7, 11) is 0. The molecule has 0 heterocycles. The van der Waals surface area contributed by atoms with Crippen LogP contribution in [-0.4, -0.2) is 16.5 Å². The van der Waals surface area contributed by atoms with E-state index in [0.29, 0.717) is 5.75 Å². The first kappa shape index (κ1) is 11.3. The second-order valence-electron chi connectivity index (χ2n) is 3.78. The zero-order valence-electron chi connectivity index (χ0n) is 8.25. The van der Waals surface area contributed by atoms with Crippen molar-refractivity contribution < 1.29 is 9.50 Å². The minimum atomic E-state index is -0.747. The molecule has 0 aliphatic heterocycles. The molecule has 0 atom stereocenters. The Balaban J connectivity index is 2.65. The lowest BCUT2D eigenvalue weighted by Crippen LogP contribution is -2.21. The van der Waals surface area contributed by atoms with Crippen LogP contribution in [0.2, 0.25) is 0 Å². The van der Waals surface area contributed by atoms with E-state index in [1.807, 2.05) is 0 Å². The lowest BCUT2D eigenvalue weighted by Gasteiger charge is -2.16. The van der Waals surface area contributed by atoms with Crippen LogP contribution in [-0.2, 0) is 0 Å². The van der Waals surface area contributed by atoms with Gasteiger partial charge >= 0.3 is 0 Å². The van der Waals surface area contributed by atoms with Crippen molar-refractivity contribution in [2.75, 3.05) is 11.5 Å². The molecular weight excluding hydrogens is 201 g/mol. The van der Waals surface area contributed by atoms with Gasteiger partial charge in [0.25, 0.3) is 0 Å². The largest absolute Gasteiger partial charge is 0.396 e. The number of nitrogen functional groups attached to an aromatic ring is 1. The van der Waals surface area contributed by atoms with Crippen molar-refractivity contribution in [3.05, 3.63) is 24.0 Å². The summed E-state index contributed by atoms with van der Waals surface area (Å²) in [6.07, 6.45) is 0. The van der Waals surface area contributed by atoms with Crippen LogP contribution < -0.4 is 5.73 Å². The fourth-order valence-electron chi connectivity index (χ4n) is 0.858. The van der Waals surface area contributed by atoms with Crippen LogP contribution in [0.5, 0.6) is 0 Å². The van der Waals surface area contributed by atoms with Crippen molar-refractivity contribution in [1.29, 1.82) is 0 Å². The Bertz CT molecular complexity index is 322. The van der Waals surface area contributed by atoms with Crippen molar-refractivity contribution in [2.45, 2.75) is 24.3 Å². The molecule has 0 radical (unpaired) electrons. The molecule has 2 nitrogen and oxygen atoms in total. The van der Waals surface area contributed by atoms with E-state index in [0.717, 1.165) is 4.90 Å². The highest BCUT2D eigenvalue weighted by Crippen LogP contribution is 2.24. The number of halogens is 1. The first-order valence-corrected chi connectivity index (χ1v) is 5.27. The van der Waals surface area contributed by atoms with E-state index in [-0.39, 0.29) is 5.69 Å². The van der Waals surface area contributed by atoms with E-state index in [9.17, 15) is 9.50 Å². The van der Waals surface area contributed by atoms with Crippen LogP contribution >= 0.6 is 11.8 Å². The summed E-state index contributed by atoms with van der Waals surface area (Å²) < 4.78 is 13.0. The van der Waals surface area contributed by atoms with Gasteiger partial charge in [-0.05, 0) is 32.0 Å². The minimum absolute atomic E-state index is 0.151. The Kier molecular flexibility index (Phi) is 3.39. The van der Waals surface area contributed by atoms with Crippen LogP contribution in [0.1, 0.15) is 13.8 Å². The van der Waals surface area contributed by atoms with Gasteiger partial charge in [-0.15, -0.1) is 11.8 Å². The molecule has 1 rings (SSSR count). The minimum Gasteiger partial charge on any atom is -0.396 e. The molecule has 1 aromatic rings. The summed E-state index contributed by atoms with van der Waals surface area (Å²) in [4.78, 5) is 0.777. The molecular formula is C10H14FNOS. The average Bonchev–Trinajstić information content (AvgIpc) is 2.06. The summed E-state index contributed by atoms with van der Waals surface area (Å²) in [5, 5.41) is 9.46. The molecule has 1 aromatic carbocycles. The van der Waals surface area contributed by atoms with Crippen LogP contribution in [0.3, 0.4) is 0 Å². The zero-order valence-corrected chi connectivity index (χ0v) is 9.07. The Labute approximate surface area is 87.3 Å². The lowest BCUT2D eigenvalue weighted by molar-refractivity contribution is 0.107. The zero-order chi connectivity index (χ0) is 10.8. The number of aliphatic hydroxyl groups is 1. The second kappa shape index (κ2) is 4.19. The third-order valence-corrected chi connectivity index (χ3v) is 3.00. The molecule has 0 unspecified atom stereocenters. The van der Waals surface area contributed by atoms with Crippen LogP contribution in [0, 0.1) is 5.82 Å². The molecule has 0 aliphatic rings. The SMILES string of the molecule is CC(C)(O)CSc1ccc(N)c(F)c1. The molecule has 0 aliphatic carbocycles. The molecule has 0 aromatic heterocycles. The summed E-state index contributed by atoms with van der Waals surface area (Å²) in [5.74, 6) is 0.113. The fourth-order valence-corrected chi connectivity index (χ4v) is 1.73. The van der Waals surface area contributed by atoms with Crippen LogP contribution in [0.15, 0.2) is 23.1 Å². The van der Waals surface area contributed by atoms with Gasteiger partial charge in [0.15, 0.2) is 0 Å². The Morgan fingerprint density at radius 2 is 2.14 bits per heavy atom. The van der Waals surface area contributed by atoms with Crippen molar-refractivity contribution >= 4 is 17.4 Å². The molecule has 14 heavy (non-hydrogen) atoms. The monoisotopic (exact) mass is 215 g/mol. The van der Waals surface area contributed by atoms with E-state index < -0.39 is 11.4 Å². The molecule has 0 bridgehead atoms. The van der Waals surface area contributed by atoms with Gasteiger partial charge in [-0.2, -0.15) is 0 Å². The summed E-state index contributed by atoms with van der Waals surface area (Å²) >= 11 is 1.40. The van der Waals surface area contributed by atoms with Gasteiger partial charge in [0.1, 0.15) is 5.82 Å². The van der Waals surface area contributed by atoms with Crippen molar-refractivity contribution in [3.8, 4) is 0 Å². The van der Waals surface area contributed by atoms with Gasteiger partial charge < -0.3 is 10.8 Å². The lowest BCUT2D eigenvalue weighted by atomic mass is 10.2. The predicted octanol–water partition coefficient (Wildman–Crippen LogP) is 2.27. The van der Waals surface area contributed by atoms with Gasteiger partial charge in [0.2, 0.25) is 0 Å². The number of benzene rings is 1. The van der Waals surface area contributed by atoms with E-state index in [1.165, 1.54) is 23.9 Å². The Morgan fingerprint density at radius 1 is 1.50 bits per heavy atom. The van der Waals surface area contributed by atoms with E-state index in [2.05, 4.69) is 0 Å². The molecule has 78 valence electrons. The predicted molar refractivity (Wildman–Crippen MR) is 57.8 cm³/mol. The number of hydrogen-bond acceptors (Lipinski definition) is 3. The van der Waals surface area contributed by atoms with Crippen molar-refractivity contribution in [2.24, 2.45) is 0 Å². The van der Waals surface area contributed by atoms with Gasteiger partial charge in [-0.1, -0.05) is 0 Å².